The van der Waals surface area contributed by atoms with Crippen molar-refractivity contribution in [2.24, 2.45) is 0 Å². The summed E-state index contributed by atoms with van der Waals surface area (Å²) in [7, 11) is 0. The number of carbonyl (C=O) groups excluding carboxylic acids is 12. The Morgan fingerprint density at radius 1 is 0.274 bits per heavy atom. The smallest absolute Gasteiger partial charge is 0.338 e. The van der Waals surface area contributed by atoms with Gasteiger partial charge in [-0.2, -0.15) is 0 Å². The molecule has 0 saturated carbocycles. The molecule has 0 aromatic heterocycles. The molecule has 0 spiro atoms. The normalized spacial score (nSPS) is 28.2. The minimum atomic E-state index is -2.38. The standard InChI is InChI=1S/C73H76O33/c1-37(74)88-33-49-54(92-39(3)76)53(81)58(102-67(84)46-27-17-10-18-28-46)72(99-49)106-61-56(94-41(5)78)52(100-73(64(61)96-43(7)80)105-59-55(93-40(4)77)50(34-89-38(2)75)97-70(87)62(59)95-42(6)79)36-91-71-63(104-69(86)48-31-21-12-22-32-48)60(103-68(85)47-29-19-11-20-30-47)57(101-66(83)45-25-15-9-16-26-45)51(98-71)35-90-65(82)44-23-13-8-14-24-44/h8-32,49-64,70-73,81,87H,33-36H2,1-7H3/t49?,50?,51?,52?,53?,54?,55?,56-,57?,58?,59?,60?,61-,62?,63?,64?,70?,71?,72?,73-/m0/s1. The van der Waals surface area contributed by atoms with Gasteiger partial charge in [0.25, 0.3) is 0 Å². The molecule has 0 radical (unpaired) electrons. The van der Waals surface area contributed by atoms with Crippen LogP contribution in [0.3, 0.4) is 0 Å². The van der Waals surface area contributed by atoms with E-state index in [2.05, 4.69) is 0 Å². The molecule has 4 aliphatic rings. The van der Waals surface area contributed by atoms with E-state index in [4.69, 9.17) is 90.0 Å². The Bertz CT molecular complexity index is 3860. The van der Waals surface area contributed by atoms with E-state index in [-0.39, 0.29) is 27.8 Å². The minimum absolute atomic E-state index is 0.0312. The van der Waals surface area contributed by atoms with Crippen LogP contribution in [0, 0.1) is 0 Å². The van der Waals surface area contributed by atoms with Crippen molar-refractivity contribution in [3.05, 3.63) is 179 Å². The van der Waals surface area contributed by atoms with Gasteiger partial charge in [0, 0.05) is 48.5 Å². The molecular weight excluding hydrogens is 1400 g/mol. The third kappa shape index (κ3) is 21.3. The molecule has 106 heavy (non-hydrogen) atoms. The number of hydrogen-bond acceptors (Lipinski definition) is 33. The van der Waals surface area contributed by atoms with Crippen LogP contribution in [0.4, 0.5) is 0 Å². The van der Waals surface area contributed by atoms with Crippen LogP contribution < -0.4 is 0 Å². The molecular formula is C73H76O33. The molecule has 0 bridgehead atoms. The van der Waals surface area contributed by atoms with Crippen LogP contribution in [0.15, 0.2) is 152 Å². The van der Waals surface area contributed by atoms with Gasteiger partial charge in [-0.05, 0) is 60.7 Å². The van der Waals surface area contributed by atoms with Crippen LogP contribution >= 0.6 is 0 Å². The zero-order chi connectivity index (χ0) is 76.3. The van der Waals surface area contributed by atoms with Crippen molar-refractivity contribution in [3.8, 4) is 0 Å². The maximum Gasteiger partial charge on any atom is 0.338 e. The number of aliphatic hydroxyl groups excluding tert-OH is 2. The molecule has 5 aromatic carbocycles. The third-order valence-electron chi connectivity index (χ3n) is 16.2. The molecule has 4 aliphatic heterocycles. The van der Waals surface area contributed by atoms with Gasteiger partial charge in [0.2, 0.25) is 0 Å². The average Bonchev–Trinajstić information content (AvgIpc) is 0.762. The molecule has 33 nitrogen and oxygen atoms in total. The van der Waals surface area contributed by atoms with E-state index in [1.54, 1.807) is 42.5 Å². The molecule has 33 heteroatoms. The lowest BCUT2D eigenvalue weighted by molar-refractivity contribution is -0.383. The number of esters is 12. The molecule has 0 amide bonds. The second-order valence-electron chi connectivity index (χ2n) is 24.1. The highest BCUT2D eigenvalue weighted by Crippen LogP contribution is 2.40. The van der Waals surface area contributed by atoms with Gasteiger partial charge in [0.1, 0.15) is 62.5 Å². The number of rotatable bonds is 27. The maximum absolute atomic E-state index is 14.7. The zero-order valence-electron chi connectivity index (χ0n) is 57.9. The largest absolute Gasteiger partial charge is 0.463 e. The molecule has 566 valence electrons. The van der Waals surface area contributed by atoms with Gasteiger partial charge in [-0.3, -0.25) is 33.6 Å². The Morgan fingerprint density at radius 2 is 0.557 bits per heavy atom. The van der Waals surface area contributed by atoms with Crippen LogP contribution in [0.5, 0.6) is 0 Å². The first kappa shape index (κ1) is 79.5. The summed E-state index contributed by atoms with van der Waals surface area (Å²) in [5.41, 5.74) is -0.354. The topological polar surface area (TPSA) is 421 Å². The maximum atomic E-state index is 14.7. The van der Waals surface area contributed by atoms with Gasteiger partial charge >= 0.3 is 71.6 Å². The van der Waals surface area contributed by atoms with Gasteiger partial charge < -0.3 is 100 Å². The average molecular weight is 1480 g/mol. The predicted octanol–water partition coefficient (Wildman–Crippen LogP) is 3.57. The lowest BCUT2D eigenvalue weighted by Crippen LogP contribution is -2.69. The Balaban J connectivity index is 1.23. The summed E-state index contributed by atoms with van der Waals surface area (Å²) >= 11 is 0. The molecule has 4 fully saturated rings. The summed E-state index contributed by atoms with van der Waals surface area (Å²) in [6.45, 7) is 2.98. The fourth-order valence-corrected chi connectivity index (χ4v) is 11.7. The third-order valence-corrected chi connectivity index (χ3v) is 16.2. The lowest BCUT2D eigenvalue weighted by atomic mass is 9.95. The van der Waals surface area contributed by atoms with E-state index in [0.29, 0.717) is 0 Å². The highest BCUT2D eigenvalue weighted by atomic mass is 16.8. The first-order valence-corrected chi connectivity index (χ1v) is 33.0. The second kappa shape index (κ2) is 37.4. The number of benzene rings is 5. The Labute approximate surface area is 604 Å². The van der Waals surface area contributed by atoms with Gasteiger partial charge in [0.15, 0.2) is 80.1 Å². The lowest BCUT2D eigenvalue weighted by Gasteiger charge is -2.50. The zero-order valence-corrected chi connectivity index (χ0v) is 57.9. The Hall–Kier alpha value is -10.6. The van der Waals surface area contributed by atoms with Crippen LogP contribution in [0.2, 0.25) is 0 Å². The van der Waals surface area contributed by atoms with Crippen molar-refractivity contribution in [1.29, 1.82) is 0 Å². The van der Waals surface area contributed by atoms with Crippen molar-refractivity contribution in [2.45, 2.75) is 171 Å². The van der Waals surface area contributed by atoms with Gasteiger partial charge in [-0.15, -0.1) is 0 Å². The van der Waals surface area contributed by atoms with E-state index in [9.17, 15) is 67.7 Å². The summed E-state index contributed by atoms with van der Waals surface area (Å²) in [5, 5.41) is 24.1. The minimum Gasteiger partial charge on any atom is -0.463 e. The number of carbonyl (C=O) groups is 12. The first-order valence-electron chi connectivity index (χ1n) is 33.0. The second-order valence-corrected chi connectivity index (χ2v) is 24.1. The van der Waals surface area contributed by atoms with Crippen molar-refractivity contribution < 1.29 is 158 Å². The van der Waals surface area contributed by atoms with E-state index in [1.807, 2.05) is 0 Å². The van der Waals surface area contributed by atoms with Crippen LogP contribution in [0.1, 0.15) is 100 Å². The SMILES string of the molecule is CC(=O)OCC1OC(O[C@@H]2C(OC(C)=O)[C@H](OC3C(OC(C)=O)C(O)OC(COC(C)=O)C3OC(C)=O)OC(COC3OC(COC(=O)c4ccccc4)C(OC(=O)c4ccccc4)C(OC(=O)c4ccccc4)C3OC(=O)c3ccccc3)[C@@H]2OC(C)=O)C(OC(=O)c2ccccc2)C(O)C1OC(C)=O. The molecule has 9 rings (SSSR count). The fourth-order valence-electron chi connectivity index (χ4n) is 11.7. The van der Waals surface area contributed by atoms with Crippen LogP contribution in [0.25, 0.3) is 0 Å². The monoisotopic (exact) mass is 1480 g/mol. The summed E-state index contributed by atoms with van der Waals surface area (Å²) < 4.78 is 115. The molecule has 4 heterocycles. The van der Waals surface area contributed by atoms with E-state index < -0.39 is 221 Å². The van der Waals surface area contributed by atoms with Crippen molar-refractivity contribution in [1.82, 2.24) is 0 Å². The van der Waals surface area contributed by atoms with Crippen molar-refractivity contribution >= 4 is 71.6 Å². The molecule has 5 aromatic rings. The summed E-state index contributed by atoms with van der Waals surface area (Å²) in [6.07, 6.45) is -41.7. The van der Waals surface area contributed by atoms with Crippen molar-refractivity contribution in [2.75, 3.05) is 26.4 Å². The van der Waals surface area contributed by atoms with Crippen molar-refractivity contribution in [3.63, 3.8) is 0 Å². The van der Waals surface area contributed by atoms with Gasteiger partial charge in [0.05, 0.1) is 34.4 Å². The Morgan fingerprint density at radius 3 is 0.972 bits per heavy atom. The molecule has 2 N–H and O–H groups in total. The molecule has 0 aliphatic carbocycles. The molecule has 17 unspecified atom stereocenters. The van der Waals surface area contributed by atoms with Gasteiger partial charge in [-0.25, -0.2) is 24.0 Å². The highest BCUT2D eigenvalue weighted by molar-refractivity contribution is 5.92. The summed E-state index contributed by atoms with van der Waals surface area (Å²) in [5.74, 6) is -12.9. The predicted molar refractivity (Wildman–Crippen MR) is 349 cm³/mol. The highest BCUT2D eigenvalue weighted by Gasteiger charge is 2.61. The van der Waals surface area contributed by atoms with E-state index in [1.165, 1.54) is 109 Å². The van der Waals surface area contributed by atoms with E-state index in [0.717, 1.165) is 48.5 Å². The Kier molecular flexibility index (Phi) is 28.0. The van der Waals surface area contributed by atoms with Crippen LogP contribution in [-0.4, -0.2) is 231 Å². The summed E-state index contributed by atoms with van der Waals surface area (Å²) in [4.78, 5) is 163. The number of aliphatic hydroxyl groups is 2. The fraction of sp³-hybridized carbons (Fsp3) is 0.425. The summed E-state index contributed by atoms with van der Waals surface area (Å²) in [6, 6.07) is 36.8. The quantitative estimate of drug-likeness (QED) is 0.0560. The first-order chi connectivity index (χ1) is 50.7. The van der Waals surface area contributed by atoms with Gasteiger partial charge in [-0.1, -0.05) is 91.0 Å². The van der Waals surface area contributed by atoms with Crippen LogP contribution in [-0.2, 0) is 124 Å². The molecule has 4 saturated heterocycles. The van der Waals surface area contributed by atoms with E-state index >= 15 is 0 Å². The molecule has 20 atom stereocenters. The number of hydrogen-bond donors (Lipinski definition) is 2. The number of ether oxygens (including phenoxy) is 19.